The van der Waals surface area contributed by atoms with Crippen LogP contribution in [0, 0.1) is 10.1 Å². The molecule has 2 rings (SSSR count). The molecule has 1 unspecified atom stereocenters. The maximum atomic E-state index is 11.1. The molecule has 1 fully saturated rings. The van der Waals surface area contributed by atoms with Crippen molar-refractivity contribution in [1.29, 1.82) is 0 Å². The van der Waals surface area contributed by atoms with Crippen molar-refractivity contribution < 1.29 is 19.6 Å². The Hall–Kier alpha value is -1.67. The van der Waals surface area contributed by atoms with Gasteiger partial charge in [-0.2, -0.15) is 0 Å². The number of rotatable bonds is 7. The van der Waals surface area contributed by atoms with Gasteiger partial charge >= 0.3 is 5.97 Å². The predicted octanol–water partition coefficient (Wildman–Crippen LogP) is 1.94. The van der Waals surface area contributed by atoms with Crippen molar-refractivity contribution in [1.82, 2.24) is 5.32 Å². The molecule has 0 aromatic heterocycles. The van der Waals surface area contributed by atoms with E-state index in [9.17, 15) is 14.9 Å². The number of non-ortho nitro benzene ring substituents is 1. The largest absolute Gasteiger partial charge is 0.491 e. The van der Waals surface area contributed by atoms with Crippen LogP contribution in [0.15, 0.2) is 22.7 Å². The summed E-state index contributed by atoms with van der Waals surface area (Å²) >= 11 is 3.15. The summed E-state index contributed by atoms with van der Waals surface area (Å²) in [5, 5.41) is 22.7. The van der Waals surface area contributed by atoms with Crippen LogP contribution in [0.1, 0.15) is 12.8 Å². The van der Waals surface area contributed by atoms with Crippen molar-refractivity contribution >= 4 is 27.6 Å². The van der Waals surface area contributed by atoms with Gasteiger partial charge in [-0.25, -0.2) is 0 Å². The van der Waals surface area contributed by atoms with Crippen LogP contribution >= 0.6 is 15.9 Å². The molecule has 1 atom stereocenters. The van der Waals surface area contributed by atoms with Gasteiger partial charge in [-0.05, 0) is 18.9 Å². The van der Waals surface area contributed by atoms with Crippen LogP contribution in [0.2, 0.25) is 0 Å². The minimum atomic E-state index is -0.999. The summed E-state index contributed by atoms with van der Waals surface area (Å²) in [5.41, 5.74) is -0.114. The zero-order chi connectivity index (χ0) is 14.7. The number of hydrogen-bond donors (Lipinski definition) is 2. The smallest absolute Gasteiger partial charge is 0.324 e. The Balaban J connectivity index is 2.01. The molecule has 0 spiro atoms. The lowest BCUT2D eigenvalue weighted by Crippen LogP contribution is -2.42. The first kappa shape index (κ1) is 14.7. The monoisotopic (exact) mass is 344 g/mol. The quantitative estimate of drug-likeness (QED) is 0.578. The van der Waals surface area contributed by atoms with Crippen LogP contribution in [-0.2, 0) is 4.79 Å². The minimum Gasteiger partial charge on any atom is -0.491 e. The van der Waals surface area contributed by atoms with Crippen molar-refractivity contribution in [3.63, 3.8) is 0 Å². The zero-order valence-corrected chi connectivity index (χ0v) is 12.0. The lowest BCUT2D eigenvalue weighted by Gasteiger charge is -2.15. The molecule has 1 saturated carbocycles. The normalized spacial score (nSPS) is 15.7. The van der Waals surface area contributed by atoms with Crippen LogP contribution in [-0.4, -0.2) is 34.7 Å². The van der Waals surface area contributed by atoms with Crippen molar-refractivity contribution in [2.75, 3.05) is 6.61 Å². The van der Waals surface area contributed by atoms with Gasteiger partial charge in [0.05, 0.1) is 11.0 Å². The number of nitro groups is 1. The number of nitro benzene ring substituents is 1. The zero-order valence-electron chi connectivity index (χ0n) is 10.4. The Labute approximate surface area is 123 Å². The minimum absolute atomic E-state index is 0.0839. The van der Waals surface area contributed by atoms with E-state index < -0.39 is 16.9 Å². The molecule has 20 heavy (non-hydrogen) atoms. The van der Waals surface area contributed by atoms with Crippen molar-refractivity contribution in [3.8, 4) is 5.75 Å². The summed E-state index contributed by atoms with van der Waals surface area (Å²) in [7, 11) is 0. The second-order valence-corrected chi connectivity index (χ2v) is 5.46. The molecule has 2 N–H and O–H groups in total. The predicted molar refractivity (Wildman–Crippen MR) is 73.9 cm³/mol. The molecule has 108 valence electrons. The fraction of sp³-hybridized carbons (Fsp3) is 0.417. The molecule has 1 aliphatic rings. The summed E-state index contributed by atoms with van der Waals surface area (Å²) in [6, 6.07) is 3.59. The van der Waals surface area contributed by atoms with Gasteiger partial charge in [-0.1, -0.05) is 15.9 Å². The van der Waals surface area contributed by atoms with E-state index in [2.05, 4.69) is 21.2 Å². The maximum absolute atomic E-state index is 11.1. The molecule has 0 amide bonds. The first-order chi connectivity index (χ1) is 9.45. The summed E-state index contributed by atoms with van der Waals surface area (Å²) in [5.74, 6) is -0.740. The fourth-order valence-electron chi connectivity index (χ4n) is 1.64. The Morgan fingerprint density at radius 2 is 2.25 bits per heavy atom. The first-order valence-electron chi connectivity index (χ1n) is 6.02. The van der Waals surface area contributed by atoms with E-state index in [0.29, 0.717) is 4.47 Å². The summed E-state index contributed by atoms with van der Waals surface area (Å²) < 4.78 is 5.86. The molecule has 8 heteroatoms. The second-order valence-electron chi connectivity index (χ2n) is 4.55. The van der Waals surface area contributed by atoms with E-state index in [1.165, 1.54) is 12.1 Å². The molecular weight excluding hydrogens is 332 g/mol. The molecule has 0 radical (unpaired) electrons. The van der Waals surface area contributed by atoms with E-state index >= 15 is 0 Å². The average molecular weight is 345 g/mol. The molecule has 1 aromatic carbocycles. The Morgan fingerprint density at radius 3 is 2.80 bits per heavy atom. The van der Waals surface area contributed by atoms with E-state index in [-0.39, 0.29) is 24.1 Å². The Kier molecular flexibility index (Phi) is 4.56. The number of halogens is 1. The van der Waals surface area contributed by atoms with Gasteiger partial charge in [0.15, 0.2) is 0 Å². The molecule has 7 nitrogen and oxygen atoms in total. The van der Waals surface area contributed by atoms with Crippen LogP contribution in [0.4, 0.5) is 5.69 Å². The molecule has 0 saturated heterocycles. The lowest BCUT2D eigenvalue weighted by atomic mass is 10.3. The highest BCUT2D eigenvalue weighted by molar-refractivity contribution is 9.10. The van der Waals surface area contributed by atoms with Crippen LogP contribution in [0.5, 0.6) is 5.75 Å². The van der Waals surface area contributed by atoms with Crippen molar-refractivity contribution in [3.05, 3.63) is 32.8 Å². The van der Waals surface area contributed by atoms with E-state index in [1.54, 1.807) is 6.07 Å². The maximum Gasteiger partial charge on any atom is 0.324 e. The van der Waals surface area contributed by atoms with E-state index in [0.717, 1.165) is 12.8 Å². The molecule has 0 heterocycles. The number of hydrogen-bond acceptors (Lipinski definition) is 5. The number of carbonyl (C=O) groups is 1. The fourth-order valence-corrected chi connectivity index (χ4v) is 2.10. The number of carboxylic acids is 1. The highest BCUT2D eigenvalue weighted by Crippen LogP contribution is 2.26. The van der Waals surface area contributed by atoms with Crippen LogP contribution in [0.3, 0.4) is 0 Å². The average Bonchev–Trinajstić information content (AvgIpc) is 3.17. The standard InChI is InChI=1S/C12H13BrN2O5/c13-7-3-9(15(18)19)5-10(4-7)20-6-11(12(16)17)14-8-1-2-8/h3-5,8,11,14H,1-2,6H2,(H,16,17). The van der Waals surface area contributed by atoms with Crippen LogP contribution < -0.4 is 10.1 Å². The van der Waals surface area contributed by atoms with Gasteiger partial charge < -0.3 is 9.84 Å². The topological polar surface area (TPSA) is 102 Å². The van der Waals surface area contributed by atoms with Gasteiger partial charge in [0.25, 0.3) is 5.69 Å². The van der Waals surface area contributed by atoms with Gasteiger partial charge in [-0.3, -0.25) is 20.2 Å². The molecule has 1 aromatic rings. The third-order valence-electron chi connectivity index (χ3n) is 2.80. The van der Waals surface area contributed by atoms with Crippen molar-refractivity contribution in [2.45, 2.75) is 24.9 Å². The SMILES string of the molecule is O=C(O)C(COc1cc(Br)cc([N+](=O)[O-])c1)NC1CC1. The number of nitrogens with one attached hydrogen (secondary N) is 1. The Morgan fingerprint density at radius 1 is 1.55 bits per heavy atom. The molecule has 0 aliphatic heterocycles. The second kappa shape index (κ2) is 6.19. The summed E-state index contributed by atoms with van der Waals surface area (Å²) in [6.45, 7) is -0.0839. The van der Waals surface area contributed by atoms with Gasteiger partial charge in [0, 0.05) is 16.6 Å². The van der Waals surface area contributed by atoms with Gasteiger partial charge in [-0.15, -0.1) is 0 Å². The number of nitrogens with zero attached hydrogens (tertiary/aromatic N) is 1. The molecule has 0 bridgehead atoms. The third kappa shape index (κ3) is 4.17. The molecular formula is C12H13BrN2O5. The van der Waals surface area contributed by atoms with Gasteiger partial charge in [0.2, 0.25) is 0 Å². The summed E-state index contributed by atoms with van der Waals surface area (Å²) in [4.78, 5) is 21.3. The number of benzene rings is 1. The summed E-state index contributed by atoms with van der Waals surface area (Å²) in [6.07, 6.45) is 1.93. The lowest BCUT2D eigenvalue weighted by molar-refractivity contribution is -0.385. The Bertz CT molecular complexity index is 533. The molecule has 1 aliphatic carbocycles. The van der Waals surface area contributed by atoms with Crippen LogP contribution in [0.25, 0.3) is 0 Å². The third-order valence-corrected chi connectivity index (χ3v) is 3.25. The first-order valence-corrected chi connectivity index (χ1v) is 6.81. The highest BCUT2D eigenvalue weighted by atomic mass is 79.9. The van der Waals surface area contributed by atoms with E-state index in [1.807, 2.05) is 0 Å². The number of aliphatic carboxylic acids is 1. The number of carboxylic acid groups (broad SMARTS) is 1. The number of ether oxygens (including phenoxy) is 1. The van der Waals surface area contributed by atoms with Gasteiger partial charge in [0.1, 0.15) is 18.4 Å². The van der Waals surface area contributed by atoms with Crippen molar-refractivity contribution in [2.24, 2.45) is 0 Å². The highest BCUT2D eigenvalue weighted by Gasteiger charge is 2.28. The van der Waals surface area contributed by atoms with E-state index in [4.69, 9.17) is 9.84 Å².